The molecule has 0 saturated heterocycles. The summed E-state index contributed by atoms with van der Waals surface area (Å²) in [6.07, 6.45) is 14.0. The first kappa shape index (κ1) is 29.0. The largest absolute Gasteiger partial charge is 0.534 e. The van der Waals surface area contributed by atoms with Crippen LogP contribution in [-0.4, -0.2) is 19.5 Å². The minimum Gasteiger partial charge on any atom is -0.381 e. The second-order valence-electron chi connectivity index (χ2n) is 13.4. The summed E-state index contributed by atoms with van der Waals surface area (Å²) in [7, 11) is -5.64. The van der Waals surface area contributed by atoms with Gasteiger partial charge in [0, 0.05) is 11.5 Å². The van der Waals surface area contributed by atoms with E-state index in [1.807, 2.05) is 13.8 Å². The molecular formula is C29H46F3NO3S. The molecule has 37 heavy (non-hydrogen) atoms. The van der Waals surface area contributed by atoms with Crippen molar-refractivity contribution in [2.45, 2.75) is 110 Å². The topological polar surface area (TPSA) is 69.4 Å². The molecule has 5 aliphatic carbocycles. The third-order valence-corrected chi connectivity index (χ3v) is 13.0. The average Bonchev–Trinajstić information content (AvgIpc) is 3.18. The summed E-state index contributed by atoms with van der Waals surface area (Å²) in [5, 5.41) is 0. The molecule has 5 rings (SSSR count). The van der Waals surface area contributed by atoms with Crippen LogP contribution < -0.4 is 5.73 Å². The van der Waals surface area contributed by atoms with Crippen molar-refractivity contribution in [2.75, 3.05) is 0 Å². The van der Waals surface area contributed by atoms with Gasteiger partial charge in [-0.25, -0.2) is 0 Å². The second-order valence-corrected chi connectivity index (χ2v) is 15.0. The van der Waals surface area contributed by atoms with Gasteiger partial charge in [0.25, 0.3) is 0 Å². The lowest BCUT2D eigenvalue weighted by Gasteiger charge is -2.71. The summed E-state index contributed by atoms with van der Waals surface area (Å²) in [6.45, 7) is 14.4. The van der Waals surface area contributed by atoms with Crippen molar-refractivity contribution in [2.24, 2.45) is 51.6 Å². The van der Waals surface area contributed by atoms with Crippen molar-refractivity contribution < 1.29 is 25.8 Å². The van der Waals surface area contributed by atoms with Gasteiger partial charge in [-0.1, -0.05) is 40.2 Å². The highest BCUT2D eigenvalue weighted by atomic mass is 32.2. The van der Waals surface area contributed by atoms with Crippen LogP contribution in [0.25, 0.3) is 0 Å². The van der Waals surface area contributed by atoms with E-state index >= 15 is 0 Å². The highest BCUT2D eigenvalue weighted by Crippen LogP contribution is 2.74. The highest BCUT2D eigenvalue weighted by molar-refractivity contribution is 7.87. The van der Waals surface area contributed by atoms with Crippen molar-refractivity contribution in [3.8, 4) is 0 Å². The standard InChI is InChI=1S/C26H40F3NO3S.C3H6/c1-16-17-9-13-24(4)21(22(17,2)12-10-20(16)33-34(31,32)26(27,28)29)8-7-18-19-6-5-11-25(19,30)15-14-23(18,24)3;1-3-2/h10,16-19,21H,5-9,11-15,30H2,1-4H3;3H,1H2,2H3/t16?,17?,18?,19-,21?,22?,23-,24?,25?;/m1./s1. The fourth-order valence-electron chi connectivity index (χ4n) is 10.1. The first-order chi connectivity index (χ1) is 17.0. The molecule has 5 aliphatic rings. The van der Waals surface area contributed by atoms with E-state index in [0.717, 1.165) is 38.5 Å². The van der Waals surface area contributed by atoms with Crippen molar-refractivity contribution in [3.05, 3.63) is 24.5 Å². The Kier molecular flexibility index (Phi) is 7.27. The number of allylic oxidation sites excluding steroid dienone is 3. The van der Waals surface area contributed by atoms with E-state index in [9.17, 15) is 21.6 Å². The Hall–Kier alpha value is -1.02. The Balaban J connectivity index is 0.00000102. The molecule has 212 valence electrons. The van der Waals surface area contributed by atoms with E-state index in [-0.39, 0.29) is 39.4 Å². The van der Waals surface area contributed by atoms with E-state index in [2.05, 4.69) is 31.5 Å². The summed E-state index contributed by atoms with van der Waals surface area (Å²) in [4.78, 5) is 0. The number of alkyl halides is 3. The first-order valence-electron chi connectivity index (χ1n) is 14.1. The van der Waals surface area contributed by atoms with Crippen LogP contribution in [0.2, 0.25) is 0 Å². The predicted molar refractivity (Wildman–Crippen MR) is 141 cm³/mol. The maximum Gasteiger partial charge on any atom is 0.534 e. The molecule has 0 radical (unpaired) electrons. The summed E-state index contributed by atoms with van der Waals surface area (Å²) in [6, 6.07) is 0. The van der Waals surface area contributed by atoms with Gasteiger partial charge in [0.15, 0.2) is 0 Å². The number of fused-ring (bicyclic) bond motifs is 7. The van der Waals surface area contributed by atoms with Gasteiger partial charge in [0.2, 0.25) is 0 Å². The van der Waals surface area contributed by atoms with Crippen molar-refractivity contribution in [1.29, 1.82) is 0 Å². The lowest BCUT2D eigenvalue weighted by atomic mass is 9.34. The van der Waals surface area contributed by atoms with Gasteiger partial charge in [-0.05, 0) is 111 Å². The number of hydrogen-bond donors (Lipinski definition) is 1. The molecule has 0 aromatic carbocycles. The van der Waals surface area contributed by atoms with Crippen LogP contribution in [0.15, 0.2) is 24.5 Å². The minimum absolute atomic E-state index is 0.00673. The molecule has 9 atom stereocenters. The Labute approximate surface area is 221 Å². The van der Waals surface area contributed by atoms with Gasteiger partial charge >= 0.3 is 15.6 Å². The van der Waals surface area contributed by atoms with Gasteiger partial charge in [-0.2, -0.15) is 21.6 Å². The molecule has 0 amide bonds. The zero-order valence-electron chi connectivity index (χ0n) is 23.2. The molecule has 4 fully saturated rings. The number of rotatable bonds is 2. The van der Waals surface area contributed by atoms with Crippen molar-refractivity contribution in [1.82, 2.24) is 0 Å². The van der Waals surface area contributed by atoms with E-state index in [1.165, 1.54) is 19.3 Å². The minimum atomic E-state index is -5.64. The summed E-state index contributed by atoms with van der Waals surface area (Å²) >= 11 is 0. The third-order valence-electron chi connectivity index (χ3n) is 12.1. The molecular weight excluding hydrogens is 499 g/mol. The summed E-state index contributed by atoms with van der Waals surface area (Å²) in [5.74, 6) is 1.42. The van der Waals surface area contributed by atoms with E-state index in [4.69, 9.17) is 5.73 Å². The van der Waals surface area contributed by atoms with Crippen LogP contribution in [0.4, 0.5) is 13.2 Å². The van der Waals surface area contributed by atoms with Crippen LogP contribution in [0.3, 0.4) is 0 Å². The average molecular weight is 546 g/mol. The summed E-state index contributed by atoms with van der Waals surface area (Å²) in [5.41, 5.74) is 1.81. The summed E-state index contributed by atoms with van der Waals surface area (Å²) < 4.78 is 67.0. The van der Waals surface area contributed by atoms with Gasteiger partial charge in [-0.3, -0.25) is 0 Å². The smallest absolute Gasteiger partial charge is 0.381 e. The van der Waals surface area contributed by atoms with Crippen LogP contribution in [0.1, 0.15) is 98.8 Å². The van der Waals surface area contributed by atoms with Crippen LogP contribution in [0.5, 0.6) is 0 Å². The van der Waals surface area contributed by atoms with Gasteiger partial charge in [-0.15, -0.1) is 6.58 Å². The third kappa shape index (κ3) is 4.22. The predicted octanol–water partition coefficient (Wildman–Crippen LogP) is 7.72. The quantitative estimate of drug-likeness (QED) is 0.219. The Morgan fingerprint density at radius 1 is 1.00 bits per heavy atom. The van der Waals surface area contributed by atoms with Crippen LogP contribution in [0, 0.1) is 45.8 Å². The maximum absolute atomic E-state index is 13.0. The Bertz CT molecular complexity index is 1040. The molecule has 7 unspecified atom stereocenters. The number of nitrogens with two attached hydrogens (primary N) is 1. The molecule has 0 spiro atoms. The molecule has 0 aromatic rings. The Morgan fingerprint density at radius 3 is 2.27 bits per heavy atom. The highest BCUT2D eigenvalue weighted by Gasteiger charge is 2.68. The lowest BCUT2D eigenvalue weighted by molar-refractivity contribution is -0.211. The van der Waals surface area contributed by atoms with E-state index in [0.29, 0.717) is 24.2 Å². The number of hydrogen-bond acceptors (Lipinski definition) is 4. The van der Waals surface area contributed by atoms with Crippen molar-refractivity contribution in [3.63, 3.8) is 0 Å². The molecule has 0 bridgehead atoms. The van der Waals surface area contributed by atoms with Gasteiger partial charge in [0.05, 0.1) is 0 Å². The van der Waals surface area contributed by atoms with Crippen molar-refractivity contribution >= 4 is 10.1 Å². The zero-order chi connectivity index (χ0) is 27.7. The SMILES string of the molecule is C=CC.CC1C(OS(=O)(=O)C(F)(F)F)=CCC2(C)C1CCC1(C)C2CCC2[C@H]3CCCC3(N)CC[C@]21C. The van der Waals surface area contributed by atoms with Crippen LogP contribution >= 0.6 is 0 Å². The fraction of sp³-hybridized carbons (Fsp3) is 0.862. The molecule has 0 aromatic heterocycles. The fourth-order valence-corrected chi connectivity index (χ4v) is 10.7. The Morgan fingerprint density at radius 2 is 1.65 bits per heavy atom. The molecule has 4 nitrogen and oxygen atoms in total. The number of halogens is 3. The first-order valence-corrected chi connectivity index (χ1v) is 15.5. The molecule has 8 heteroatoms. The molecule has 0 heterocycles. The zero-order valence-corrected chi connectivity index (χ0v) is 24.0. The molecule has 0 aliphatic heterocycles. The van der Waals surface area contributed by atoms with E-state index in [1.54, 1.807) is 12.2 Å². The van der Waals surface area contributed by atoms with Crippen LogP contribution in [-0.2, 0) is 14.3 Å². The normalized spacial score (nSPS) is 47.2. The molecule has 2 N–H and O–H groups in total. The monoisotopic (exact) mass is 545 g/mol. The molecule has 4 saturated carbocycles. The second kappa shape index (κ2) is 9.28. The lowest BCUT2D eigenvalue weighted by Crippen LogP contribution is -2.66. The van der Waals surface area contributed by atoms with Gasteiger partial charge < -0.3 is 9.92 Å². The van der Waals surface area contributed by atoms with E-state index < -0.39 is 15.6 Å². The maximum atomic E-state index is 13.0. The van der Waals surface area contributed by atoms with Gasteiger partial charge in [0.1, 0.15) is 5.76 Å².